The molecular weight excluding hydrogens is 649 g/mol. The molecule has 0 amide bonds. The largest absolute Gasteiger partial charge is 0.0622 e. The second-order valence-corrected chi connectivity index (χ2v) is 13.6. The van der Waals surface area contributed by atoms with Gasteiger partial charge in [0, 0.05) is 0 Å². The number of hydrogen-bond acceptors (Lipinski definition) is 0. The Labute approximate surface area is 318 Å². The average Bonchev–Trinajstić information content (AvgIpc) is 3.27. The van der Waals surface area contributed by atoms with E-state index in [0.717, 1.165) is 0 Å². The summed E-state index contributed by atoms with van der Waals surface area (Å²) in [5.41, 5.74) is 19.4. The smallest absolute Gasteiger partial charge is 0.00990 e. The lowest BCUT2D eigenvalue weighted by Crippen LogP contribution is -1.94. The highest BCUT2D eigenvalue weighted by atomic mass is 14.2. The maximum atomic E-state index is 2.28. The van der Waals surface area contributed by atoms with Crippen LogP contribution in [0.4, 0.5) is 0 Å². The molecule has 0 saturated heterocycles. The molecule has 0 bridgehead atoms. The first-order chi connectivity index (χ1) is 26.8. The fourth-order valence-corrected chi connectivity index (χ4v) is 7.94. The van der Waals surface area contributed by atoms with E-state index in [1.165, 1.54) is 89.0 Å². The molecule has 9 aromatic carbocycles. The van der Waals surface area contributed by atoms with Crippen molar-refractivity contribution >= 4 is 0 Å². The predicted octanol–water partition coefficient (Wildman–Crippen LogP) is 15.0. The maximum absolute atomic E-state index is 2.28. The summed E-state index contributed by atoms with van der Waals surface area (Å²) in [6, 6.07) is 83.3. The van der Waals surface area contributed by atoms with Crippen LogP contribution in [0.15, 0.2) is 231 Å². The Morgan fingerprint density at radius 2 is 0.241 bits per heavy atom. The molecule has 0 spiro atoms. The summed E-state index contributed by atoms with van der Waals surface area (Å²) in [6.07, 6.45) is 0. The Morgan fingerprint density at radius 3 is 0.426 bits per heavy atom. The first-order valence-electron chi connectivity index (χ1n) is 18.6. The molecular formula is C54H38. The zero-order chi connectivity index (χ0) is 36.1. The Balaban J connectivity index is 1.20. The van der Waals surface area contributed by atoms with Gasteiger partial charge in [-0.25, -0.2) is 0 Å². The second-order valence-electron chi connectivity index (χ2n) is 13.6. The van der Waals surface area contributed by atoms with Crippen LogP contribution in [0.25, 0.3) is 89.0 Å². The van der Waals surface area contributed by atoms with Crippen LogP contribution in [0.2, 0.25) is 0 Å². The van der Waals surface area contributed by atoms with Crippen LogP contribution < -0.4 is 0 Å². The zero-order valence-corrected chi connectivity index (χ0v) is 29.9. The molecule has 254 valence electrons. The van der Waals surface area contributed by atoms with E-state index in [4.69, 9.17) is 0 Å². The highest BCUT2D eigenvalue weighted by Crippen LogP contribution is 2.46. The molecule has 0 radical (unpaired) electrons. The first kappa shape index (κ1) is 32.9. The van der Waals surface area contributed by atoms with E-state index < -0.39 is 0 Å². The molecule has 9 rings (SSSR count). The van der Waals surface area contributed by atoms with Crippen molar-refractivity contribution in [2.75, 3.05) is 0 Å². The molecule has 9 aromatic rings. The fraction of sp³-hybridized carbons (Fsp3) is 0. The first-order valence-corrected chi connectivity index (χ1v) is 18.6. The van der Waals surface area contributed by atoms with E-state index in [9.17, 15) is 0 Å². The standard InChI is InChI=1S/C54H38/c1-3-21-39(22-4-1)41-25-7-9-27-43(41)45-29-11-13-31-47(45)49-33-15-17-35-51(49)53-37-19-20-38-54(53)52-36-18-16-34-50(52)48-32-14-12-30-46(48)44-28-10-8-26-42(44)40-23-5-2-6-24-40/h1-38H. The van der Waals surface area contributed by atoms with Crippen LogP contribution in [0.1, 0.15) is 0 Å². The van der Waals surface area contributed by atoms with Crippen molar-refractivity contribution in [3.05, 3.63) is 231 Å². The molecule has 0 unspecified atom stereocenters. The molecule has 0 saturated carbocycles. The van der Waals surface area contributed by atoms with Gasteiger partial charge in [0.25, 0.3) is 0 Å². The Hall–Kier alpha value is -7.02. The van der Waals surface area contributed by atoms with Crippen LogP contribution in [-0.4, -0.2) is 0 Å². The van der Waals surface area contributed by atoms with Crippen LogP contribution in [0.3, 0.4) is 0 Å². The van der Waals surface area contributed by atoms with E-state index in [1.54, 1.807) is 0 Å². The molecule has 0 aromatic heterocycles. The molecule has 0 fully saturated rings. The minimum atomic E-state index is 1.20. The summed E-state index contributed by atoms with van der Waals surface area (Å²) in [5, 5.41) is 0. The Bertz CT molecular complexity index is 2510. The zero-order valence-electron chi connectivity index (χ0n) is 29.9. The van der Waals surface area contributed by atoms with Gasteiger partial charge in [-0.05, 0) is 89.0 Å². The molecule has 0 heterocycles. The molecule has 0 N–H and O–H groups in total. The van der Waals surface area contributed by atoms with Gasteiger partial charge in [0.05, 0.1) is 0 Å². The van der Waals surface area contributed by atoms with Gasteiger partial charge in [-0.15, -0.1) is 0 Å². The van der Waals surface area contributed by atoms with Gasteiger partial charge in [0.15, 0.2) is 0 Å². The Kier molecular flexibility index (Phi) is 9.07. The normalized spacial score (nSPS) is 11.0. The van der Waals surface area contributed by atoms with E-state index in [0.29, 0.717) is 0 Å². The highest BCUT2D eigenvalue weighted by molar-refractivity contribution is 6.01. The summed E-state index contributed by atoms with van der Waals surface area (Å²) < 4.78 is 0. The van der Waals surface area contributed by atoms with E-state index >= 15 is 0 Å². The molecule has 54 heavy (non-hydrogen) atoms. The van der Waals surface area contributed by atoms with Crippen LogP contribution >= 0.6 is 0 Å². The van der Waals surface area contributed by atoms with E-state index in [1.807, 2.05) is 0 Å². The molecule has 0 aliphatic heterocycles. The fourth-order valence-electron chi connectivity index (χ4n) is 7.94. The summed E-state index contributed by atoms with van der Waals surface area (Å²) >= 11 is 0. The molecule has 0 aliphatic carbocycles. The third kappa shape index (κ3) is 6.25. The topological polar surface area (TPSA) is 0 Å². The third-order valence-corrected chi connectivity index (χ3v) is 10.4. The van der Waals surface area contributed by atoms with Gasteiger partial charge in [-0.1, -0.05) is 231 Å². The molecule has 0 atom stereocenters. The van der Waals surface area contributed by atoms with Crippen molar-refractivity contribution < 1.29 is 0 Å². The van der Waals surface area contributed by atoms with Crippen LogP contribution in [0.5, 0.6) is 0 Å². The van der Waals surface area contributed by atoms with Gasteiger partial charge in [-0.2, -0.15) is 0 Å². The minimum absolute atomic E-state index is 1.20. The average molecular weight is 687 g/mol. The monoisotopic (exact) mass is 686 g/mol. The van der Waals surface area contributed by atoms with Crippen LogP contribution in [-0.2, 0) is 0 Å². The lowest BCUT2D eigenvalue weighted by molar-refractivity contribution is 1.53. The highest BCUT2D eigenvalue weighted by Gasteiger charge is 2.20. The Morgan fingerprint density at radius 1 is 0.111 bits per heavy atom. The lowest BCUT2D eigenvalue weighted by atomic mass is 9.83. The van der Waals surface area contributed by atoms with Crippen molar-refractivity contribution in [1.82, 2.24) is 0 Å². The summed E-state index contributed by atoms with van der Waals surface area (Å²) in [5.74, 6) is 0. The van der Waals surface area contributed by atoms with Crippen molar-refractivity contribution in [2.45, 2.75) is 0 Å². The predicted molar refractivity (Wildman–Crippen MR) is 230 cm³/mol. The third-order valence-electron chi connectivity index (χ3n) is 10.4. The summed E-state index contributed by atoms with van der Waals surface area (Å²) in [4.78, 5) is 0. The summed E-state index contributed by atoms with van der Waals surface area (Å²) in [7, 11) is 0. The second kappa shape index (κ2) is 14.9. The maximum Gasteiger partial charge on any atom is -0.00990 e. The van der Waals surface area contributed by atoms with Gasteiger partial charge in [-0.3, -0.25) is 0 Å². The van der Waals surface area contributed by atoms with E-state index in [2.05, 4.69) is 231 Å². The SMILES string of the molecule is c1ccc(-c2ccccc2-c2ccccc2-c2ccccc2-c2ccccc2-c2ccccc2-c2ccccc2-c2ccccc2-c2ccccc2)cc1. The van der Waals surface area contributed by atoms with Gasteiger partial charge < -0.3 is 0 Å². The quantitative estimate of drug-likeness (QED) is 0.149. The van der Waals surface area contributed by atoms with Crippen molar-refractivity contribution in [2.24, 2.45) is 0 Å². The van der Waals surface area contributed by atoms with Gasteiger partial charge >= 0.3 is 0 Å². The van der Waals surface area contributed by atoms with E-state index in [-0.39, 0.29) is 0 Å². The van der Waals surface area contributed by atoms with Crippen molar-refractivity contribution in [3.63, 3.8) is 0 Å². The van der Waals surface area contributed by atoms with Gasteiger partial charge in [0.2, 0.25) is 0 Å². The summed E-state index contributed by atoms with van der Waals surface area (Å²) in [6.45, 7) is 0. The number of benzene rings is 9. The molecule has 0 heteroatoms. The molecule has 0 aliphatic rings. The number of rotatable bonds is 8. The minimum Gasteiger partial charge on any atom is -0.0622 e. The van der Waals surface area contributed by atoms with Crippen molar-refractivity contribution in [1.29, 1.82) is 0 Å². The van der Waals surface area contributed by atoms with Crippen molar-refractivity contribution in [3.8, 4) is 89.0 Å². The van der Waals surface area contributed by atoms with Crippen LogP contribution in [0, 0.1) is 0 Å². The lowest BCUT2D eigenvalue weighted by Gasteiger charge is -2.20. The number of hydrogen-bond donors (Lipinski definition) is 0. The van der Waals surface area contributed by atoms with Gasteiger partial charge in [0.1, 0.15) is 0 Å². The molecule has 0 nitrogen and oxygen atoms in total.